The molecule has 0 radical (unpaired) electrons. The zero-order valence-corrected chi connectivity index (χ0v) is 15.0. The molecule has 3 aromatic heterocycles. The number of anilines is 1. The molecule has 138 valence electrons. The Balaban J connectivity index is 1.85. The minimum absolute atomic E-state index is 0.104. The number of carbonyl (C=O) groups is 1. The van der Waals surface area contributed by atoms with Crippen LogP contribution in [0, 0.1) is 17.1 Å². The summed E-state index contributed by atoms with van der Waals surface area (Å²) in [6, 6.07) is 2.89. The molecule has 3 rings (SSSR count). The van der Waals surface area contributed by atoms with Crippen LogP contribution in [-0.4, -0.2) is 38.4 Å². The van der Waals surface area contributed by atoms with E-state index in [1.165, 1.54) is 6.20 Å². The molecule has 0 aliphatic carbocycles. The smallest absolute Gasteiger partial charge is 0.242 e. The third kappa shape index (κ3) is 4.12. The van der Waals surface area contributed by atoms with Crippen molar-refractivity contribution in [1.29, 1.82) is 5.26 Å². The number of halogens is 2. The van der Waals surface area contributed by atoms with Gasteiger partial charge >= 0.3 is 0 Å². The highest BCUT2D eigenvalue weighted by atomic mass is 35.5. The van der Waals surface area contributed by atoms with Gasteiger partial charge in [0.05, 0.1) is 23.7 Å². The van der Waals surface area contributed by atoms with Crippen molar-refractivity contribution in [3.63, 3.8) is 0 Å². The average molecular weight is 388 g/mol. The molecular formula is C17H15ClFN7O. The largest absolute Gasteiger partial charge is 0.356 e. The Labute approximate surface area is 158 Å². The average Bonchev–Trinajstić information content (AvgIpc) is 3.06. The molecule has 3 heterocycles. The molecule has 1 atom stereocenters. The van der Waals surface area contributed by atoms with Crippen LogP contribution in [0.25, 0.3) is 22.4 Å². The number of hydrogen-bond donors (Lipinski definition) is 3. The van der Waals surface area contributed by atoms with Gasteiger partial charge in [0, 0.05) is 29.9 Å². The predicted molar refractivity (Wildman–Crippen MR) is 98.4 cm³/mol. The summed E-state index contributed by atoms with van der Waals surface area (Å²) in [6.07, 6.45) is 4.39. The Bertz CT molecular complexity index is 1030. The summed E-state index contributed by atoms with van der Waals surface area (Å²) in [4.78, 5) is 27.3. The van der Waals surface area contributed by atoms with Crippen molar-refractivity contribution in [2.75, 3.05) is 11.9 Å². The molecule has 0 aliphatic heterocycles. The molecule has 1 amide bonds. The SMILES string of the molecule is C[C@H](Nc1nc(-c2c[nH]c3ncc(Cl)cc23)ncc1F)C(=O)NCCC#N. The first kappa shape index (κ1) is 18.5. The predicted octanol–water partition coefficient (Wildman–Crippen LogP) is 2.64. The van der Waals surface area contributed by atoms with E-state index in [1.807, 2.05) is 6.07 Å². The van der Waals surface area contributed by atoms with Gasteiger partial charge in [-0.25, -0.2) is 19.3 Å². The van der Waals surface area contributed by atoms with Crippen molar-refractivity contribution < 1.29 is 9.18 Å². The van der Waals surface area contributed by atoms with Gasteiger partial charge in [0.15, 0.2) is 17.5 Å². The lowest BCUT2D eigenvalue weighted by molar-refractivity contribution is -0.121. The number of hydrogen-bond acceptors (Lipinski definition) is 6. The Kier molecular flexibility index (Phi) is 5.47. The quantitative estimate of drug-likeness (QED) is 0.559. The summed E-state index contributed by atoms with van der Waals surface area (Å²) in [5, 5.41) is 15.0. The van der Waals surface area contributed by atoms with Crippen molar-refractivity contribution in [2.24, 2.45) is 0 Å². The fraction of sp³-hybridized carbons (Fsp3) is 0.235. The number of rotatable bonds is 6. The van der Waals surface area contributed by atoms with E-state index in [0.717, 1.165) is 6.20 Å². The van der Waals surface area contributed by atoms with Crippen molar-refractivity contribution in [2.45, 2.75) is 19.4 Å². The summed E-state index contributed by atoms with van der Waals surface area (Å²) in [5.74, 6) is -0.905. The second-order valence-electron chi connectivity index (χ2n) is 5.71. The first-order chi connectivity index (χ1) is 13.0. The van der Waals surface area contributed by atoms with Crippen LogP contribution in [0.15, 0.2) is 24.7 Å². The van der Waals surface area contributed by atoms with Gasteiger partial charge in [-0.15, -0.1) is 0 Å². The monoisotopic (exact) mass is 387 g/mol. The second kappa shape index (κ2) is 7.97. The Morgan fingerprint density at radius 1 is 1.44 bits per heavy atom. The summed E-state index contributed by atoms with van der Waals surface area (Å²) < 4.78 is 14.1. The summed E-state index contributed by atoms with van der Waals surface area (Å²) in [6.45, 7) is 1.79. The van der Waals surface area contributed by atoms with Gasteiger partial charge in [0.2, 0.25) is 5.91 Å². The van der Waals surface area contributed by atoms with Gasteiger partial charge in [-0.3, -0.25) is 4.79 Å². The molecule has 3 aromatic rings. The first-order valence-corrected chi connectivity index (χ1v) is 8.44. The van der Waals surface area contributed by atoms with Gasteiger partial charge in [0.1, 0.15) is 11.7 Å². The zero-order chi connectivity index (χ0) is 19.4. The molecule has 0 aromatic carbocycles. The number of amides is 1. The van der Waals surface area contributed by atoms with E-state index in [9.17, 15) is 9.18 Å². The van der Waals surface area contributed by atoms with Crippen LogP contribution >= 0.6 is 11.6 Å². The summed E-state index contributed by atoms with van der Waals surface area (Å²) in [5.41, 5.74) is 1.20. The van der Waals surface area contributed by atoms with Crippen molar-refractivity contribution in [3.05, 3.63) is 35.5 Å². The van der Waals surface area contributed by atoms with Gasteiger partial charge in [-0.05, 0) is 13.0 Å². The van der Waals surface area contributed by atoms with E-state index in [2.05, 4.69) is 30.6 Å². The van der Waals surface area contributed by atoms with Crippen LogP contribution in [0.5, 0.6) is 0 Å². The van der Waals surface area contributed by atoms with Crippen LogP contribution in [0.3, 0.4) is 0 Å². The number of pyridine rings is 1. The highest BCUT2D eigenvalue weighted by Crippen LogP contribution is 2.28. The van der Waals surface area contributed by atoms with E-state index in [-0.39, 0.29) is 30.5 Å². The minimum atomic E-state index is -0.750. The number of aromatic nitrogens is 4. The van der Waals surface area contributed by atoms with Crippen LogP contribution < -0.4 is 10.6 Å². The highest BCUT2D eigenvalue weighted by molar-refractivity contribution is 6.31. The van der Waals surface area contributed by atoms with E-state index in [1.54, 1.807) is 19.2 Å². The third-order valence-corrected chi connectivity index (χ3v) is 3.97. The molecular weight excluding hydrogens is 373 g/mol. The maximum atomic E-state index is 14.1. The number of carbonyl (C=O) groups excluding carboxylic acids is 1. The molecule has 0 bridgehead atoms. The second-order valence-corrected chi connectivity index (χ2v) is 6.14. The van der Waals surface area contributed by atoms with Gasteiger partial charge in [-0.2, -0.15) is 5.26 Å². The molecule has 0 unspecified atom stereocenters. The normalized spacial score (nSPS) is 11.8. The number of fused-ring (bicyclic) bond motifs is 1. The fourth-order valence-corrected chi connectivity index (χ4v) is 2.58. The van der Waals surface area contributed by atoms with Gasteiger partial charge in [-0.1, -0.05) is 11.6 Å². The van der Waals surface area contributed by atoms with Crippen molar-refractivity contribution in [3.8, 4) is 17.5 Å². The fourth-order valence-electron chi connectivity index (χ4n) is 2.43. The number of nitriles is 1. The van der Waals surface area contributed by atoms with Gasteiger partial charge in [0.25, 0.3) is 0 Å². The molecule has 0 spiro atoms. The van der Waals surface area contributed by atoms with Crippen LogP contribution in [0.4, 0.5) is 10.2 Å². The van der Waals surface area contributed by atoms with Crippen molar-refractivity contribution in [1.82, 2.24) is 25.3 Å². The van der Waals surface area contributed by atoms with Crippen LogP contribution in [0.1, 0.15) is 13.3 Å². The van der Waals surface area contributed by atoms with Crippen LogP contribution in [0.2, 0.25) is 5.02 Å². The van der Waals surface area contributed by atoms with Gasteiger partial charge < -0.3 is 15.6 Å². The number of nitrogens with one attached hydrogen (secondary N) is 3. The Morgan fingerprint density at radius 3 is 3.04 bits per heavy atom. The number of aromatic amines is 1. The van der Waals surface area contributed by atoms with E-state index in [4.69, 9.17) is 16.9 Å². The topological polar surface area (TPSA) is 119 Å². The molecule has 3 N–H and O–H groups in total. The van der Waals surface area contributed by atoms with E-state index < -0.39 is 11.9 Å². The maximum Gasteiger partial charge on any atom is 0.242 e. The highest BCUT2D eigenvalue weighted by Gasteiger charge is 2.18. The van der Waals surface area contributed by atoms with E-state index >= 15 is 0 Å². The molecule has 10 heteroatoms. The molecule has 8 nitrogen and oxygen atoms in total. The molecule has 27 heavy (non-hydrogen) atoms. The number of H-pyrrole nitrogens is 1. The molecule has 0 fully saturated rings. The third-order valence-electron chi connectivity index (χ3n) is 3.77. The first-order valence-electron chi connectivity index (χ1n) is 8.06. The Morgan fingerprint density at radius 2 is 2.26 bits per heavy atom. The van der Waals surface area contributed by atoms with Crippen molar-refractivity contribution >= 4 is 34.4 Å². The maximum absolute atomic E-state index is 14.1. The number of nitrogens with zero attached hydrogens (tertiary/aromatic N) is 4. The Hall–Kier alpha value is -3.25. The minimum Gasteiger partial charge on any atom is -0.356 e. The zero-order valence-electron chi connectivity index (χ0n) is 14.3. The standard InChI is InChI=1S/C17H15ClFN7O/c1-9(17(27)21-4-2-3-20)25-16-13(19)8-24-15(26-16)12-7-23-14-11(12)5-10(18)6-22-14/h5-9H,2,4H2,1H3,(H,21,27)(H,22,23)(H,24,25,26)/t9-/m0/s1. The lowest BCUT2D eigenvalue weighted by Gasteiger charge is -2.15. The summed E-state index contributed by atoms with van der Waals surface area (Å²) >= 11 is 5.99. The van der Waals surface area contributed by atoms with E-state index in [0.29, 0.717) is 21.6 Å². The summed E-state index contributed by atoms with van der Waals surface area (Å²) in [7, 11) is 0. The molecule has 0 saturated heterocycles. The molecule has 0 saturated carbocycles. The molecule has 0 aliphatic rings. The lowest BCUT2D eigenvalue weighted by Crippen LogP contribution is -2.38. The lowest BCUT2D eigenvalue weighted by atomic mass is 10.2. The van der Waals surface area contributed by atoms with Crippen LogP contribution in [-0.2, 0) is 4.79 Å².